The Balaban J connectivity index is 0.000000433. The van der Waals surface area contributed by atoms with E-state index in [0.717, 1.165) is 12.0 Å². The fourth-order valence-corrected chi connectivity index (χ4v) is 1.13. The van der Waals surface area contributed by atoms with Crippen LogP contribution in [0.3, 0.4) is 0 Å². The first kappa shape index (κ1) is 19.2. The molecule has 0 heterocycles. The van der Waals surface area contributed by atoms with Crippen molar-refractivity contribution in [1.82, 2.24) is 0 Å². The molecule has 0 fully saturated rings. The van der Waals surface area contributed by atoms with Crippen LogP contribution in [0.15, 0.2) is 18.2 Å². The van der Waals surface area contributed by atoms with E-state index in [2.05, 4.69) is 5.14 Å². The summed E-state index contributed by atoms with van der Waals surface area (Å²) in [6.07, 6.45) is 0.871. The van der Waals surface area contributed by atoms with Crippen LogP contribution >= 0.6 is 0 Å². The summed E-state index contributed by atoms with van der Waals surface area (Å²) >= 11 is 0. The standard InChI is InChI=1S/C10H12O3.CH2F3NO2S/c1-3-7-4-5-8(10(11)12)9(6-7)13-2;2-1(3,4)8(5,6)7/h4-6H,3H2,1-2H3,(H,11,12);(H2,5,6,7). The van der Waals surface area contributed by atoms with E-state index in [1.807, 2.05) is 6.92 Å². The van der Waals surface area contributed by atoms with E-state index in [4.69, 9.17) is 9.84 Å². The van der Waals surface area contributed by atoms with E-state index in [1.54, 1.807) is 18.2 Å². The third kappa shape index (κ3) is 6.00. The van der Waals surface area contributed by atoms with E-state index >= 15 is 0 Å². The molecule has 0 aliphatic carbocycles. The summed E-state index contributed by atoms with van der Waals surface area (Å²) in [6.45, 7) is 2.01. The quantitative estimate of drug-likeness (QED) is 0.878. The van der Waals surface area contributed by atoms with E-state index in [1.165, 1.54) is 7.11 Å². The van der Waals surface area contributed by atoms with Crippen LogP contribution in [0.1, 0.15) is 22.8 Å². The molecule has 0 aromatic heterocycles. The Labute approximate surface area is 119 Å². The molecule has 0 bridgehead atoms. The van der Waals surface area contributed by atoms with Crippen LogP contribution in [-0.2, 0) is 16.4 Å². The molecule has 0 aliphatic rings. The van der Waals surface area contributed by atoms with Gasteiger partial charge in [0.1, 0.15) is 11.3 Å². The van der Waals surface area contributed by atoms with Gasteiger partial charge >= 0.3 is 21.5 Å². The van der Waals surface area contributed by atoms with Gasteiger partial charge in [0.05, 0.1) is 7.11 Å². The zero-order valence-electron chi connectivity index (χ0n) is 11.1. The van der Waals surface area contributed by atoms with Gasteiger partial charge in [-0.1, -0.05) is 13.0 Å². The first-order chi connectivity index (χ1) is 9.44. The number of alkyl halides is 3. The van der Waals surface area contributed by atoms with Crippen LogP contribution in [0, 0.1) is 0 Å². The van der Waals surface area contributed by atoms with E-state index in [-0.39, 0.29) is 5.56 Å². The van der Waals surface area contributed by atoms with Gasteiger partial charge in [0.25, 0.3) is 0 Å². The number of primary sulfonamides is 1. The fourth-order valence-electron chi connectivity index (χ4n) is 1.13. The highest BCUT2D eigenvalue weighted by Crippen LogP contribution is 2.20. The molecule has 120 valence electrons. The number of carbonyl (C=O) groups is 1. The number of ether oxygens (including phenoxy) is 1. The lowest BCUT2D eigenvalue weighted by Gasteiger charge is -2.05. The normalized spacial score (nSPS) is 11.3. The van der Waals surface area contributed by atoms with Crippen molar-refractivity contribution >= 4 is 16.0 Å². The number of aromatic carboxylic acids is 1. The van der Waals surface area contributed by atoms with Crippen LogP contribution in [0.5, 0.6) is 5.75 Å². The highest BCUT2D eigenvalue weighted by Gasteiger charge is 2.42. The number of carboxylic acids is 1. The van der Waals surface area contributed by atoms with Gasteiger partial charge in [-0.25, -0.2) is 18.4 Å². The van der Waals surface area contributed by atoms with Gasteiger partial charge < -0.3 is 9.84 Å². The van der Waals surface area contributed by atoms with Gasteiger partial charge in [-0.15, -0.1) is 0 Å². The molecule has 1 aromatic rings. The SMILES string of the molecule is CCc1ccc(C(=O)O)c(OC)c1.NS(=O)(=O)C(F)(F)F. The van der Waals surface area contributed by atoms with Crippen LogP contribution < -0.4 is 9.88 Å². The van der Waals surface area contributed by atoms with E-state index < -0.39 is 21.5 Å². The lowest BCUT2D eigenvalue weighted by atomic mass is 10.1. The van der Waals surface area contributed by atoms with Crippen molar-refractivity contribution < 1.29 is 36.2 Å². The molecule has 1 aromatic carbocycles. The van der Waals surface area contributed by atoms with Crippen molar-refractivity contribution in [2.75, 3.05) is 7.11 Å². The van der Waals surface area contributed by atoms with Gasteiger partial charge in [-0.05, 0) is 24.1 Å². The number of aryl methyl sites for hydroxylation is 1. The lowest BCUT2D eigenvalue weighted by molar-refractivity contribution is -0.0436. The highest BCUT2D eigenvalue weighted by molar-refractivity contribution is 7.90. The van der Waals surface area contributed by atoms with Crippen molar-refractivity contribution in [3.8, 4) is 5.75 Å². The third-order valence-corrected chi connectivity index (χ3v) is 2.87. The van der Waals surface area contributed by atoms with Gasteiger partial charge in [0.15, 0.2) is 0 Å². The van der Waals surface area contributed by atoms with Gasteiger partial charge in [0, 0.05) is 0 Å². The molecule has 0 amide bonds. The maximum absolute atomic E-state index is 10.8. The molecule has 0 saturated heterocycles. The van der Waals surface area contributed by atoms with Crippen molar-refractivity contribution in [3.05, 3.63) is 29.3 Å². The Morgan fingerprint density at radius 2 is 1.86 bits per heavy atom. The third-order valence-electron chi connectivity index (χ3n) is 2.23. The van der Waals surface area contributed by atoms with Crippen molar-refractivity contribution in [1.29, 1.82) is 0 Å². The Hall–Kier alpha value is -1.81. The maximum Gasteiger partial charge on any atom is 0.511 e. The zero-order valence-corrected chi connectivity index (χ0v) is 12.0. The van der Waals surface area contributed by atoms with Crippen LogP contribution in [0.4, 0.5) is 13.2 Å². The van der Waals surface area contributed by atoms with Crippen LogP contribution in [-0.4, -0.2) is 32.1 Å². The van der Waals surface area contributed by atoms with Crippen LogP contribution in [0.25, 0.3) is 0 Å². The number of carboxylic acid groups (broad SMARTS) is 1. The summed E-state index contributed by atoms with van der Waals surface area (Å²) in [5.74, 6) is -0.536. The minimum Gasteiger partial charge on any atom is -0.496 e. The second kappa shape index (κ2) is 7.27. The largest absolute Gasteiger partial charge is 0.511 e. The molecule has 10 heteroatoms. The molecular formula is C11H14F3NO5S. The number of hydrogen-bond donors (Lipinski definition) is 2. The van der Waals surface area contributed by atoms with Crippen LogP contribution in [0.2, 0.25) is 0 Å². The second-order valence-electron chi connectivity index (χ2n) is 3.68. The first-order valence-electron chi connectivity index (χ1n) is 5.43. The predicted octanol–water partition coefficient (Wildman–Crippen LogP) is 1.75. The monoisotopic (exact) mass is 329 g/mol. The number of sulfonamides is 1. The molecule has 0 unspecified atom stereocenters. The van der Waals surface area contributed by atoms with Crippen molar-refractivity contribution in [2.45, 2.75) is 18.9 Å². The topological polar surface area (TPSA) is 107 Å². The molecule has 0 spiro atoms. The minimum absolute atomic E-state index is 0.208. The Kier molecular flexibility index (Phi) is 6.64. The molecule has 0 atom stereocenters. The molecule has 1 rings (SSSR count). The van der Waals surface area contributed by atoms with Crippen molar-refractivity contribution in [2.24, 2.45) is 5.14 Å². The Bertz CT molecular complexity index is 598. The fraction of sp³-hybridized carbons (Fsp3) is 0.364. The smallest absolute Gasteiger partial charge is 0.496 e. The predicted molar refractivity (Wildman–Crippen MR) is 68.5 cm³/mol. The molecule has 0 radical (unpaired) electrons. The van der Waals surface area contributed by atoms with Gasteiger partial charge in [-0.3, -0.25) is 0 Å². The summed E-state index contributed by atoms with van der Waals surface area (Å²) in [5.41, 5.74) is -4.03. The number of benzene rings is 1. The molecule has 3 N–H and O–H groups in total. The van der Waals surface area contributed by atoms with Gasteiger partial charge in [-0.2, -0.15) is 13.2 Å². The summed E-state index contributed by atoms with van der Waals surface area (Å²) in [5, 5.41) is 12.4. The van der Waals surface area contributed by atoms with E-state index in [9.17, 15) is 26.4 Å². The number of halogens is 3. The molecule has 0 aliphatic heterocycles. The van der Waals surface area contributed by atoms with E-state index in [0.29, 0.717) is 5.75 Å². The zero-order chi connectivity index (χ0) is 16.8. The Morgan fingerprint density at radius 1 is 1.38 bits per heavy atom. The number of hydrogen-bond acceptors (Lipinski definition) is 4. The van der Waals surface area contributed by atoms with Crippen molar-refractivity contribution in [3.63, 3.8) is 0 Å². The molecule has 0 saturated carbocycles. The summed E-state index contributed by atoms with van der Waals surface area (Å²) < 4.78 is 56.1. The summed E-state index contributed by atoms with van der Waals surface area (Å²) in [4.78, 5) is 10.7. The summed E-state index contributed by atoms with van der Waals surface area (Å²) in [7, 11) is -3.87. The number of rotatable bonds is 3. The molecule has 21 heavy (non-hydrogen) atoms. The summed E-state index contributed by atoms with van der Waals surface area (Å²) in [6, 6.07) is 5.12. The average molecular weight is 329 g/mol. The molecular weight excluding hydrogens is 315 g/mol. The first-order valence-corrected chi connectivity index (χ1v) is 6.98. The molecule has 6 nitrogen and oxygen atoms in total. The van der Waals surface area contributed by atoms with Gasteiger partial charge in [0.2, 0.25) is 0 Å². The highest BCUT2D eigenvalue weighted by atomic mass is 32.2. The number of methoxy groups -OCH3 is 1. The lowest BCUT2D eigenvalue weighted by Crippen LogP contribution is -2.30. The average Bonchev–Trinajstić information content (AvgIpc) is 2.36. The maximum atomic E-state index is 10.8. The second-order valence-corrected chi connectivity index (χ2v) is 5.24. The number of nitrogens with two attached hydrogens (primary N) is 1. The Morgan fingerprint density at radius 3 is 2.14 bits per heavy atom. The minimum atomic E-state index is -5.34.